The van der Waals surface area contributed by atoms with Crippen LogP contribution in [0.1, 0.15) is 24.4 Å². The molecule has 2 saturated heterocycles. The highest BCUT2D eigenvalue weighted by atomic mass is 16.2. The Balaban J connectivity index is 1.52. The molecule has 1 aromatic rings. The fraction of sp³-hybridized carbons (Fsp3) is 0.579. The van der Waals surface area contributed by atoms with Gasteiger partial charge in [0, 0.05) is 46.2 Å². The Hall–Kier alpha value is -1.92. The van der Waals surface area contributed by atoms with Crippen molar-refractivity contribution in [3.05, 3.63) is 35.9 Å². The van der Waals surface area contributed by atoms with Crippen molar-refractivity contribution in [3.8, 4) is 0 Å². The molecule has 0 saturated carbocycles. The average molecular weight is 344 g/mol. The van der Waals surface area contributed by atoms with Crippen molar-refractivity contribution in [1.82, 2.24) is 20.4 Å². The van der Waals surface area contributed by atoms with Gasteiger partial charge < -0.3 is 20.4 Å². The number of nitrogens with zero attached hydrogens (tertiary/aromatic N) is 2. The van der Waals surface area contributed by atoms with Gasteiger partial charge in [0.05, 0.1) is 12.0 Å². The molecular formula is C19H28N4O2. The van der Waals surface area contributed by atoms with E-state index in [9.17, 15) is 9.59 Å². The molecule has 6 heteroatoms. The van der Waals surface area contributed by atoms with Crippen molar-refractivity contribution in [2.24, 2.45) is 5.92 Å². The lowest BCUT2D eigenvalue weighted by atomic mass is 9.93. The first kappa shape index (κ1) is 17.9. The lowest BCUT2D eigenvalue weighted by Crippen LogP contribution is -2.44. The quantitative estimate of drug-likeness (QED) is 0.743. The summed E-state index contributed by atoms with van der Waals surface area (Å²) in [6, 6.07) is 9.67. The van der Waals surface area contributed by atoms with Gasteiger partial charge in [-0.1, -0.05) is 30.3 Å². The molecule has 0 spiro atoms. The van der Waals surface area contributed by atoms with Gasteiger partial charge in [-0.2, -0.15) is 0 Å². The zero-order chi connectivity index (χ0) is 17.6. The molecule has 0 bridgehead atoms. The number of hydrogen-bond acceptors (Lipinski definition) is 4. The van der Waals surface area contributed by atoms with Crippen LogP contribution in [0.4, 0.5) is 0 Å². The summed E-state index contributed by atoms with van der Waals surface area (Å²) in [6.45, 7) is 5.91. The molecule has 1 aromatic carbocycles. The van der Waals surface area contributed by atoms with Crippen LogP contribution < -0.4 is 10.6 Å². The second-order valence-corrected chi connectivity index (χ2v) is 6.91. The van der Waals surface area contributed by atoms with Crippen molar-refractivity contribution in [3.63, 3.8) is 0 Å². The van der Waals surface area contributed by atoms with Crippen LogP contribution in [-0.4, -0.2) is 67.9 Å². The van der Waals surface area contributed by atoms with Crippen molar-refractivity contribution in [1.29, 1.82) is 0 Å². The van der Waals surface area contributed by atoms with E-state index in [2.05, 4.69) is 15.5 Å². The third-order valence-electron chi connectivity index (χ3n) is 5.22. The maximum atomic E-state index is 12.7. The molecule has 0 unspecified atom stereocenters. The smallest absolute Gasteiger partial charge is 0.226 e. The molecule has 2 amide bonds. The van der Waals surface area contributed by atoms with Crippen LogP contribution in [0.15, 0.2) is 30.3 Å². The Morgan fingerprint density at radius 2 is 1.96 bits per heavy atom. The number of nitrogens with one attached hydrogen (secondary N) is 2. The molecule has 6 nitrogen and oxygen atoms in total. The maximum absolute atomic E-state index is 12.7. The topological polar surface area (TPSA) is 64.7 Å². The predicted molar refractivity (Wildman–Crippen MR) is 97.0 cm³/mol. The van der Waals surface area contributed by atoms with Gasteiger partial charge in [0.25, 0.3) is 0 Å². The summed E-state index contributed by atoms with van der Waals surface area (Å²) < 4.78 is 0. The van der Waals surface area contributed by atoms with Gasteiger partial charge in [0.15, 0.2) is 0 Å². The molecule has 25 heavy (non-hydrogen) atoms. The molecule has 2 N–H and O–H groups in total. The van der Waals surface area contributed by atoms with Gasteiger partial charge in [0.2, 0.25) is 11.8 Å². The number of likely N-dealkylation sites (tertiary alicyclic amines) is 1. The highest BCUT2D eigenvalue weighted by Crippen LogP contribution is 2.36. The van der Waals surface area contributed by atoms with Crippen LogP contribution in [0, 0.1) is 5.92 Å². The first-order valence-electron chi connectivity index (χ1n) is 9.18. The van der Waals surface area contributed by atoms with E-state index in [1.807, 2.05) is 30.3 Å². The molecule has 0 aromatic heterocycles. The van der Waals surface area contributed by atoms with Crippen LogP contribution in [0.3, 0.4) is 0 Å². The largest absolute Gasteiger partial charge is 0.356 e. The van der Waals surface area contributed by atoms with Crippen LogP contribution in [0.5, 0.6) is 0 Å². The summed E-state index contributed by atoms with van der Waals surface area (Å²) in [4.78, 5) is 28.9. The highest BCUT2D eigenvalue weighted by molar-refractivity contribution is 5.90. The van der Waals surface area contributed by atoms with E-state index in [0.717, 1.165) is 44.7 Å². The van der Waals surface area contributed by atoms with Gasteiger partial charge in [0.1, 0.15) is 0 Å². The number of benzene rings is 1. The number of piperazine rings is 1. The van der Waals surface area contributed by atoms with Gasteiger partial charge in [-0.15, -0.1) is 0 Å². The second kappa shape index (κ2) is 8.45. The van der Waals surface area contributed by atoms with E-state index < -0.39 is 0 Å². The molecule has 2 atom stereocenters. The maximum Gasteiger partial charge on any atom is 0.226 e. The lowest BCUT2D eigenvalue weighted by Gasteiger charge is -2.27. The van der Waals surface area contributed by atoms with E-state index in [-0.39, 0.29) is 23.8 Å². The van der Waals surface area contributed by atoms with E-state index >= 15 is 0 Å². The third kappa shape index (κ3) is 4.38. The summed E-state index contributed by atoms with van der Waals surface area (Å²) in [5.74, 6) is -0.277. The molecule has 0 radical (unpaired) electrons. The SMILES string of the molecule is CN1C(=O)C[C@H](C(=O)NCCCN2CCNCC2)[C@H]1c1ccccc1. The van der Waals surface area contributed by atoms with Gasteiger partial charge in [-0.05, 0) is 18.5 Å². The number of carbonyl (C=O) groups is 2. The van der Waals surface area contributed by atoms with Crippen molar-refractivity contribution < 1.29 is 9.59 Å². The van der Waals surface area contributed by atoms with Crippen LogP contribution >= 0.6 is 0 Å². The predicted octanol–water partition coefficient (Wildman–Crippen LogP) is 0.618. The fourth-order valence-corrected chi connectivity index (χ4v) is 3.79. The van der Waals surface area contributed by atoms with Crippen LogP contribution in [0.2, 0.25) is 0 Å². The summed E-state index contributed by atoms with van der Waals surface area (Å²) in [5, 5.41) is 6.39. The summed E-state index contributed by atoms with van der Waals surface area (Å²) in [6.07, 6.45) is 1.23. The van der Waals surface area contributed by atoms with E-state index in [1.54, 1.807) is 11.9 Å². The average Bonchev–Trinajstić information content (AvgIpc) is 2.95. The van der Waals surface area contributed by atoms with Crippen molar-refractivity contribution in [2.45, 2.75) is 18.9 Å². The van der Waals surface area contributed by atoms with Gasteiger partial charge >= 0.3 is 0 Å². The van der Waals surface area contributed by atoms with Crippen molar-refractivity contribution >= 4 is 11.8 Å². The molecule has 0 aliphatic carbocycles. The monoisotopic (exact) mass is 344 g/mol. The molecular weight excluding hydrogens is 316 g/mol. The normalized spacial score (nSPS) is 24.5. The Kier molecular flexibility index (Phi) is 6.04. The Bertz CT molecular complexity index is 586. The standard InChI is InChI=1S/C19H28N4O2/c1-22-17(24)14-16(18(22)15-6-3-2-4-7-15)19(25)21-8-5-11-23-12-9-20-10-13-23/h2-4,6-7,16,18,20H,5,8-14H2,1H3,(H,21,25)/t16-,18+/m0/s1. The number of carbonyl (C=O) groups excluding carboxylic acids is 2. The Morgan fingerprint density at radius 3 is 2.68 bits per heavy atom. The van der Waals surface area contributed by atoms with Crippen LogP contribution in [0.25, 0.3) is 0 Å². The molecule has 3 rings (SSSR count). The van der Waals surface area contributed by atoms with E-state index in [0.29, 0.717) is 13.0 Å². The van der Waals surface area contributed by atoms with Gasteiger partial charge in [-0.25, -0.2) is 0 Å². The molecule has 2 heterocycles. The van der Waals surface area contributed by atoms with E-state index in [1.165, 1.54) is 0 Å². The first-order chi connectivity index (χ1) is 12.2. The number of rotatable bonds is 6. The fourth-order valence-electron chi connectivity index (χ4n) is 3.79. The lowest BCUT2D eigenvalue weighted by molar-refractivity contribution is -0.128. The van der Waals surface area contributed by atoms with Gasteiger partial charge in [-0.3, -0.25) is 9.59 Å². The van der Waals surface area contributed by atoms with E-state index in [4.69, 9.17) is 0 Å². The van der Waals surface area contributed by atoms with Crippen LogP contribution in [-0.2, 0) is 9.59 Å². The summed E-state index contributed by atoms with van der Waals surface area (Å²) in [5.41, 5.74) is 1.02. The Labute approximate surface area is 149 Å². The summed E-state index contributed by atoms with van der Waals surface area (Å²) >= 11 is 0. The molecule has 2 fully saturated rings. The zero-order valence-corrected chi connectivity index (χ0v) is 14.9. The number of amides is 2. The minimum Gasteiger partial charge on any atom is -0.356 e. The second-order valence-electron chi connectivity index (χ2n) is 6.91. The zero-order valence-electron chi connectivity index (χ0n) is 14.9. The molecule has 2 aliphatic heterocycles. The third-order valence-corrected chi connectivity index (χ3v) is 5.22. The minimum absolute atomic E-state index is 0.00753. The number of hydrogen-bond donors (Lipinski definition) is 2. The van der Waals surface area contributed by atoms with Crippen molar-refractivity contribution in [2.75, 3.05) is 46.3 Å². The molecule has 2 aliphatic rings. The minimum atomic E-state index is -0.306. The highest BCUT2D eigenvalue weighted by Gasteiger charge is 2.42. The summed E-state index contributed by atoms with van der Waals surface area (Å²) in [7, 11) is 1.79. The molecule has 136 valence electrons. The Morgan fingerprint density at radius 1 is 1.24 bits per heavy atom. The first-order valence-corrected chi connectivity index (χ1v) is 9.18.